The normalized spacial score (nSPS) is 10.8. The molecular formula is C10H19N3O2. The predicted octanol–water partition coefficient (Wildman–Crippen LogP) is 0.930. The van der Waals surface area contributed by atoms with Gasteiger partial charge in [-0.3, -0.25) is 0 Å². The fraction of sp³-hybridized carbons (Fsp3) is 0.800. The third-order valence-electron chi connectivity index (χ3n) is 1.99. The summed E-state index contributed by atoms with van der Waals surface area (Å²) in [4.78, 5) is 0. The zero-order valence-corrected chi connectivity index (χ0v) is 9.24. The average Bonchev–Trinajstić information content (AvgIpc) is 2.69. The van der Waals surface area contributed by atoms with E-state index >= 15 is 0 Å². The Bertz CT molecular complexity index is 263. The van der Waals surface area contributed by atoms with Gasteiger partial charge < -0.3 is 14.9 Å². The topological polar surface area (TPSA) is 74.2 Å². The first-order chi connectivity index (χ1) is 7.36. The third kappa shape index (κ3) is 4.90. The van der Waals surface area contributed by atoms with Crippen molar-refractivity contribution in [3.63, 3.8) is 0 Å². The van der Waals surface area contributed by atoms with Crippen LogP contribution in [0.5, 0.6) is 0 Å². The van der Waals surface area contributed by atoms with Crippen molar-refractivity contribution < 1.29 is 9.15 Å². The van der Waals surface area contributed by atoms with E-state index in [1.54, 1.807) is 0 Å². The van der Waals surface area contributed by atoms with Crippen LogP contribution in [0.1, 0.15) is 31.5 Å². The highest BCUT2D eigenvalue weighted by atomic mass is 16.5. The van der Waals surface area contributed by atoms with E-state index in [1.165, 1.54) is 0 Å². The summed E-state index contributed by atoms with van der Waals surface area (Å²) in [6.45, 7) is 4.14. The van der Waals surface area contributed by atoms with Gasteiger partial charge in [0, 0.05) is 26.1 Å². The van der Waals surface area contributed by atoms with E-state index in [4.69, 9.17) is 14.9 Å². The molecule has 0 unspecified atom stereocenters. The molecule has 0 radical (unpaired) electrons. The summed E-state index contributed by atoms with van der Waals surface area (Å²) in [7, 11) is 0. The Kier molecular flexibility index (Phi) is 5.96. The van der Waals surface area contributed by atoms with E-state index in [1.807, 2.05) is 6.92 Å². The Morgan fingerprint density at radius 2 is 1.87 bits per heavy atom. The molecule has 1 heterocycles. The maximum atomic E-state index is 5.43. The summed E-state index contributed by atoms with van der Waals surface area (Å²) in [5.74, 6) is 1.38. The number of nitrogens with two attached hydrogens (primary N) is 1. The molecule has 0 atom stereocenters. The summed E-state index contributed by atoms with van der Waals surface area (Å²) < 4.78 is 10.7. The first-order valence-corrected chi connectivity index (χ1v) is 5.46. The Balaban J connectivity index is 2.20. The molecule has 0 fully saturated rings. The summed E-state index contributed by atoms with van der Waals surface area (Å²) in [5.41, 5.74) is 5.39. The van der Waals surface area contributed by atoms with Crippen molar-refractivity contribution in [2.45, 2.75) is 32.6 Å². The highest BCUT2D eigenvalue weighted by Crippen LogP contribution is 2.04. The first kappa shape index (κ1) is 12.1. The quantitative estimate of drug-likeness (QED) is 0.650. The highest BCUT2D eigenvalue weighted by Gasteiger charge is 2.04. The molecular weight excluding hydrogens is 194 g/mol. The zero-order chi connectivity index (χ0) is 10.9. The number of ether oxygens (including phenoxy) is 1. The number of aryl methyl sites for hydroxylation is 2. The molecule has 1 aromatic rings. The second-order valence-electron chi connectivity index (χ2n) is 3.28. The van der Waals surface area contributed by atoms with Crippen LogP contribution >= 0.6 is 0 Å². The average molecular weight is 213 g/mol. The number of hydrogen-bond donors (Lipinski definition) is 1. The van der Waals surface area contributed by atoms with Crippen molar-refractivity contribution in [3.05, 3.63) is 11.8 Å². The lowest BCUT2D eigenvalue weighted by Crippen LogP contribution is -2.00. The van der Waals surface area contributed by atoms with Crippen LogP contribution in [-0.4, -0.2) is 30.0 Å². The lowest BCUT2D eigenvalue weighted by Gasteiger charge is -1.97. The van der Waals surface area contributed by atoms with Crippen LogP contribution < -0.4 is 5.73 Å². The molecule has 0 aliphatic rings. The molecule has 0 saturated carbocycles. The second-order valence-corrected chi connectivity index (χ2v) is 3.28. The van der Waals surface area contributed by atoms with Gasteiger partial charge >= 0.3 is 0 Å². The molecule has 1 aromatic heterocycles. The van der Waals surface area contributed by atoms with Gasteiger partial charge in [-0.05, 0) is 26.3 Å². The van der Waals surface area contributed by atoms with Gasteiger partial charge in [-0.1, -0.05) is 0 Å². The standard InChI is InChI=1S/C10H19N3O2/c1-2-14-8-4-6-10-13-12-9(15-10)5-3-7-11/h2-8,11H2,1H3. The lowest BCUT2D eigenvalue weighted by atomic mass is 10.3. The van der Waals surface area contributed by atoms with Crippen LogP contribution in [0.4, 0.5) is 0 Å². The van der Waals surface area contributed by atoms with Gasteiger partial charge in [-0.25, -0.2) is 0 Å². The van der Waals surface area contributed by atoms with Gasteiger partial charge in [-0.2, -0.15) is 0 Å². The Morgan fingerprint density at radius 3 is 2.47 bits per heavy atom. The molecule has 0 aliphatic carbocycles. The van der Waals surface area contributed by atoms with Crippen molar-refractivity contribution in [1.82, 2.24) is 10.2 Å². The van der Waals surface area contributed by atoms with Gasteiger partial charge in [0.25, 0.3) is 0 Å². The van der Waals surface area contributed by atoms with E-state index in [0.29, 0.717) is 18.3 Å². The molecule has 15 heavy (non-hydrogen) atoms. The van der Waals surface area contributed by atoms with Gasteiger partial charge in [0.2, 0.25) is 11.8 Å². The van der Waals surface area contributed by atoms with Gasteiger partial charge in [-0.15, -0.1) is 10.2 Å². The predicted molar refractivity (Wildman–Crippen MR) is 56.5 cm³/mol. The molecule has 5 heteroatoms. The summed E-state index contributed by atoms with van der Waals surface area (Å²) >= 11 is 0. The minimum absolute atomic E-state index is 0.655. The maximum absolute atomic E-state index is 5.43. The number of aromatic nitrogens is 2. The monoisotopic (exact) mass is 213 g/mol. The summed E-state index contributed by atoms with van der Waals surface area (Å²) in [6.07, 6.45) is 3.37. The molecule has 1 rings (SSSR count). The minimum atomic E-state index is 0.655. The van der Waals surface area contributed by atoms with Crippen molar-refractivity contribution in [1.29, 1.82) is 0 Å². The molecule has 86 valence electrons. The molecule has 0 spiro atoms. The van der Waals surface area contributed by atoms with E-state index < -0.39 is 0 Å². The molecule has 0 aliphatic heterocycles. The molecule has 5 nitrogen and oxygen atoms in total. The van der Waals surface area contributed by atoms with Gasteiger partial charge in [0.05, 0.1) is 0 Å². The van der Waals surface area contributed by atoms with Crippen LogP contribution in [0.3, 0.4) is 0 Å². The lowest BCUT2D eigenvalue weighted by molar-refractivity contribution is 0.143. The maximum Gasteiger partial charge on any atom is 0.216 e. The van der Waals surface area contributed by atoms with Crippen LogP contribution in [0.15, 0.2) is 4.42 Å². The largest absolute Gasteiger partial charge is 0.425 e. The summed E-state index contributed by atoms with van der Waals surface area (Å²) in [5, 5.41) is 7.89. The molecule has 0 saturated heterocycles. The third-order valence-corrected chi connectivity index (χ3v) is 1.99. The molecule has 2 N–H and O–H groups in total. The van der Waals surface area contributed by atoms with Crippen molar-refractivity contribution in [2.24, 2.45) is 5.73 Å². The van der Waals surface area contributed by atoms with Crippen molar-refractivity contribution >= 4 is 0 Å². The number of rotatable bonds is 8. The molecule has 0 bridgehead atoms. The van der Waals surface area contributed by atoms with E-state index in [-0.39, 0.29) is 0 Å². The van der Waals surface area contributed by atoms with Gasteiger partial charge in [0.1, 0.15) is 0 Å². The Labute approximate surface area is 90.0 Å². The molecule has 0 aromatic carbocycles. The van der Waals surface area contributed by atoms with Crippen LogP contribution in [-0.2, 0) is 17.6 Å². The number of hydrogen-bond acceptors (Lipinski definition) is 5. The Hall–Kier alpha value is -0.940. The fourth-order valence-electron chi connectivity index (χ4n) is 1.21. The fourth-order valence-corrected chi connectivity index (χ4v) is 1.21. The minimum Gasteiger partial charge on any atom is -0.425 e. The van der Waals surface area contributed by atoms with Crippen molar-refractivity contribution in [3.8, 4) is 0 Å². The SMILES string of the molecule is CCOCCCc1nnc(CCCN)o1. The first-order valence-electron chi connectivity index (χ1n) is 5.46. The van der Waals surface area contributed by atoms with Crippen LogP contribution in [0.25, 0.3) is 0 Å². The summed E-state index contributed by atoms with van der Waals surface area (Å²) in [6, 6.07) is 0. The molecule has 0 amide bonds. The van der Waals surface area contributed by atoms with E-state index in [0.717, 1.165) is 38.9 Å². The highest BCUT2D eigenvalue weighted by molar-refractivity contribution is 4.82. The Morgan fingerprint density at radius 1 is 1.20 bits per heavy atom. The zero-order valence-electron chi connectivity index (χ0n) is 9.24. The van der Waals surface area contributed by atoms with E-state index in [2.05, 4.69) is 10.2 Å². The second kappa shape index (κ2) is 7.36. The van der Waals surface area contributed by atoms with Crippen LogP contribution in [0.2, 0.25) is 0 Å². The number of nitrogens with zero attached hydrogens (tertiary/aromatic N) is 2. The van der Waals surface area contributed by atoms with Crippen molar-refractivity contribution in [2.75, 3.05) is 19.8 Å². The van der Waals surface area contributed by atoms with Crippen LogP contribution in [0, 0.1) is 0 Å². The smallest absolute Gasteiger partial charge is 0.216 e. The van der Waals surface area contributed by atoms with E-state index in [9.17, 15) is 0 Å². The van der Waals surface area contributed by atoms with Gasteiger partial charge in [0.15, 0.2) is 0 Å².